The summed E-state index contributed by atoms with van der Waals surface area (Å²) in [6.45, 7) is 7.54. The van der Waals surface area contributed by atoms with Gasteiger partial charge in [0.15, 0.2) is 0 Å². The first-order valence-electron chi connectivity index (χ1n) is 8.35. The lowest BCUT2D eigenvalue weighted by molar-refractivity contribution is 0.241. The van der Waals surface area contributed by atoms with Crippen LogP contribution in [0.25, 0.3) is 0 Å². The molecule has 1 aliphatic carbocycles. The Morgan fingerprint density at radius 1 is 1.27 bits per heavy atom. The summed E-state index contributed by atoms with van der Waals surface area (Å²) in [5.74, 6) is 2.52. The zero-order valence-corrected chi connectivity index (χ0v) is 14.5. The van der Waals surface area contributed by atoms with Gasteiger partial charge in [0, 0.05) is 25.7 Å². The van der Waals surface area contributed by atoms with Crippen molar-refractivity contribution >= 4 is 12.4 Å². The Hall–Kier alpha value is -0.770. The summed E-state index contributed by atoms with van der Waals surface area (Å²) in [6, 6.07) is 8.95. The molecule has 3 unspecified atom stereocenters. The molecule has 1 aliphatic heterocycles. The van der Waals surface area contributed by atoms with Crippen molar-refractivity contribution in [2.75, 3.05) is 13.1 Å². The van der Waals surface area contributed by atoms with E-state index in [0.717, 1.165) is 18.2 Å². The number of rotatable bonds is 4. The molecule has 2 N–H and O–H groups in total. The van der Waals surface area contributed by atoms with Gasteiger partial charge in [-0.05, 0) is 56.2 Å². The summed E-state index contributed by atoms with van der Waals surface area (Å²) >= 11 is 0. The van der Waals surface area contributed by atoms with E-state index in [1.165, 1.54) is 37.9 Å². The van der Waals surface area contributed by atoms with E-state index >= 15 is 0 Å². The Labute approximate surface area is 140 Å². The van der Waals surface area contributed by atoms with E-state index < -0.39 is 0 Å². The molecule has 1 heterocycles. The maximum atomic E-state index is 6.31. The molecule has 1 aromatic carbocycles. The highest BCUT2D eigenvalue weighted by Gasteiger charge is 2.38. The molecule has 2 aliphatic rings. The normalized spacial score (nSPS) is 28.3. The first-order chi connectivity index (χ1) is 10.1. The lowest BCUT2D eigenvalue weighted by Crippen LogP contribution is -2.38. The van der Waals surface area contributed by atoms with Gasteiger partial charge in [0.2, 0.25) is 0 Å². The first kappa shape index (κ1) is 17.6. The Kier molecular flexibility index (Phi) is 6.13. The van der Waals surface area contributed by atoms with Gasteiger partial charge in [-0.3, -0.25) is 4.90 Å². The maximum absolute atomic E-state index is 6.31. The SMILES string of the molecule is CC(C)Oc1cccc(CN2CC3CCCC(N)C3C2)c1.Cl. The van der Waals surface area contributed by atoms with Gasteiger partial charge >= 0.3 is 0 Å². The zero-order valence-electron chi connectivity index (χ0n) is 13.7. The van der Waals surface area contributed by atoms with E-state index in [0.29, 0.717) is 12.0 Å². The number of nitrogens with zero attached hydrogens (tertiary/aromatic N) is 1. The molecular formula is C18H29ClN2O. The third kappa shape index (κ3) is 4.15. The van der Waals surface area contributed by atoms with Gasteiger partial charge in [0.05, 0.1) is 6.10 Å². The average molecular weight is 325 g/mol. The molecule has 124 valence electrons. The zero-order chi connectivity index (χ0) is 14.8. The fourth-order valence-corrected chi connectivity index (χ4v) is 3.99. The highest BCUT2D eigenvalue weighted by Crippen LogP contribution is 2.36. The minimum absolute atomic E-state index is 0. The Morgan fingerprint density at radius 2 is 2.09 bits per heavy atom. The molecule has 1 saturated carbocycles. The summed E-state index contributed by atoms with van der Waals surface area (Å²) in [5, 5.41) is 0. The van der Waals surface area contributed by atoms with Gasteiger partial charge in [-0.2, -0.15) is 0 Å². The van der Waals surface area contributed by atoms with Crippen molar-refractivity contribution in [2.24, 2.45) is 17.6 Å². The molecule has 3 rings (SSSR count). The molecule has 2 fully saturated rings. The molecule has 0 bridgehead atoms. The molecular weight excluding hydrogens is 296 g/mol. The quantitative estimate of drug-likeness (QED) is 0.922. The van der Waals surface area contributed by atoms with Gasteiger partial charge in [0.25, 0.3) is 0 Å². The molecule has 0 spiro atoms. The molecule has 0 aromatic heterocycles. The van der Waals surface area contributed by atoms with Crippen molar-refractivity contribution in [1.82, 2.24) is 4.90 Å². The Morgan fingerprint density at radius 3 is 2.82 bits per heavy atom. The van der Waals surface area contributed by atoms with Crippen molar-refractivity contribution < 1.29 is 4.74 Å². The molecule has 4 heteroatoms. The van der Waals surface area contributed by atoms with Gasteiger partial charge in [-0.25, -0.2) is 0 Å². The smallest absolute Gasteiger partial charge is 0.120 e. The van der Waals surface area contributed by atoms with Crippen LogP contribution in [0.4, 0.5) is 0 Å². The number of ether oxygens (including phenoxy) is 1. The molecule has 3 nitrogen and oxygen atoms in total. The largest absolute Gasteiger partial charge is 0.491 e. The summed E-state index contributed by atoms with van der Waals surface area (Å²) < 4.78 is 5.79. The first-order valence-corrected chi connectivity index (χ1v) is 8.35. The fraction of sp³-hybridized carbons (Fsp3) is 0.667. The van der Waals surface area contributed by atoms with E-state index in [4.69, 9.17) is 10.5 Å². The van der Waals surface area contributed by atoms with Crippen LogP contribution < -0.4 is 10.5 Å². The van der Waals surface area contributed by atoms with Crippen LogP contribution in [0.1, 0.15) is 38.7 Å². The van der Waals surface area contributed by atoms with E-state index in [9.17, 15) is 0 Å². The third-order valence-electron chi connectivity index (χ3n) is 4.91. The van der Waals surface area contributed by atoms with Crippen molar-refractivity contribution in [3.8, 4) is 5.75 Å². The second-order valence-electron chi connectivity index (χ2n) is 7.03. The van der Waals surface area contributed by atoms with Crippen LogP contribution in [0, 0.1) is 11.8 Å². The lowest BCUT2D eigenvalue weighted by atomic mass is 9.78. The van der Waals surface area contributed by atoms with Crippen molar-refractivity contribution in [2.45, 2.75) is 51.8 Å². The molecule has 0 amide bonds. The number of hydrogen-bond acceptors (Lipinski definition) is 3. The predicted molar refractivity (Wildman–Crippen MR) is 93.5 cm³/mol. The van der Waals surface area contributed by atoms with E-state index in [1.807, 2.05) is 6.07 Å². The van der Waals surface area contributed by atoms with Crippen molar-refractivity contribution in [3.05, 3.63) is 29.8 Å². The highest BCUT2D eigenvalue weighted by molar-refractivity contribution is 5.85. The minimum Gasteiger partial charge on any atom is -0.491 e. The molecule has 3 atom stereocenters. The van der Waals surface area contributed by atoms with E-state index in [-0.39, 0.29) is 18.5 Å². The monoisotopic (exact) mass is 324 g/mol. The second-order valence-corrected chi connectivity index (χ2v) is 7.03. The topological polar surface area (TPSA) is 38.5 Å². The highest BCUT2D eigenvalue weighted by atomic mass is 35.5. The summed E-state index contributed by atoms with van der Waals surface area (Å²) in [6.07, 6.45) is 4.12. The summed E-state index contributed by atoms with van der Waals surface area (Å²) in [5.41, 5.74) is 7.66. The summed E-state index contributed by atoms with van der Waals surface area (Å²) in [7, 11) is 0. The number of benzene rings is 1. The molecule has 0 radical (unpaired) electrons. The van der Waals surface area contributed by atoms with Crippen LogP contribution in [0.2, 0.25) is 0 Å². The van der Waals surface area contributed by atoms with Gasteiger partial charge in [0.1, 0.15) is 5.75 Å². The van der Waals surface area contributed by atoms with Gasteiger partial charge < -0.3 is 10.5 Å². The van der Waals surface area contributed by atoms with Crippen LogP contribution in [-0.4, -0.2) is 30.1 Å². The fourth-order valence-electron chi connectivity index (χ4n) is 3.99. The molecule has 1 saturated heterocycles. The Bertz CT molecular complexity index is 480. The predicted octanol–water partition coefficient (Wildman–Crippen LogP) is 3.45. The summed E-state index contributed by atoms with van der Waals surface area (Å²) in [4.78, 5) is 2.58. The number of fused-ring (bicyclic) bond motifs is 1. The van der Waals surface area contributed by atoms with Crippen LogP contribution in [0.5, 0.6) is 5.75 Å². The second kappa shape index (κ2) is 7.67. The Balaban J connectivity index is 0.00000176. The van der Waals surface area contributed by atoms with Gasteiger partial charge in [-0.1, -0.05) is 18.6 Å². The van der Waals surface area contributed by atoms with Crippen LogP contribution in [0.15, 0.2) is 24.3 Å². The number of halogens is 1. The molecule has 22 heavy (non-hydrogen) atoms. The number of likely N-dealkylation sites (tertiary alicyclic amines) is 1. The number of hydrogen-bond donors (Lipinski definition) is 1. The lowest BCUT2D eigenvalue weighted by Gasteiger charge is -2.29. The third-order valence-corrected chi connectivity index (χ3v) is 4.91. The van der Waals surface area contributed by atoms with Gasteiger partial charge in [-0.15, -0.1) is 12.4 Å². The van der Waals surface area contributed by atoms with E-state index in [1.54, 1.807) is 0 Å². The average Bonchev–Trinajstić information content (AvgIpc) is 2.82. The molecule has 1 aromatic rings. The minimum atomic E-state index is 0. The standard InChI is InChI=1S/C18H28N2O.ClH/c1-13(2)21-16-7-3-5-14(9-16)10-20-11-15-6-4-8-18(19)17(15)12-20;/h3,5,7,9,13,15,17-18H,4,6,8,10-12,19H2,1-2H3;1H. The van der Waals surface area contributed by atoms with Crippen LogP contribution in [-0.2, 0) is 6.54 Å². The van der Waals surface area contributed by atoms with Crippen LogP contribution in [0.3, 0.4) is 0 Å². The van der Waals surface area contributed by atoms with Crippen molar-refractivity contribution in [1.29, 1.82) is 0 Å². The number of nitrogens with two attached hydrogens (primary N) is 1. The van der Waals surface area contributed by atoms with E-state index in [2.05, 4.69) is 36.9 Å². The maximum Gasteiger partial charge on any atom is 0.120 e. The van der Waals surface area contributed by atoms with Crippen LogP contribution >= 0.6 is 12.4 Å². The van der Waals surface area contributed by atoms with Crippen molar-refractivity contribution in [3.63, 3.8) is 0 Å².